The molecule has 4 heteroatoms. The second-order valence-corrected chi connectivity index (χ2v) is 3.30. The first-order valence-corrected chi connectivity index (χ1v) is 4.26. The highest BCUT2D eigenvalue weighted by molar-refractivity contribution is 6.01. The molecule has 0 saturated carbocycles. The van der Waals surface area contributed by atoms with Gasteiger partial charge in [-0.1, -0.05) is 12.1 Å². The summed E-state index contributed by atoms with van der Waals surface area (Å²) >= 11 is 0. The molecule has 0 bridgehead atoms. The van der Waals surface area contributed by atoms with Crippen LogP contribution in [0.2, 0.25) is 0 Å². The van der Waals surface area contributed by atoms with E-state index in [2.05, 4.69) is 5.10 Å². The molecule has 0 saturated heterocycles. The molecule has 14 heavy (non-hydrogen) atoms. The summed E-state index contributed by atoms with van der Waals surface area (Å²) in [4.78, 5) is 10.9. The van der Waals surface area contributed by atoms with Crippen molar-refractivity contribution in [3.8, 4) is 0 Å². The van der Waals surface area contributed by atoms with Gasteiger partial charge in [-0.05, 0) is 18.6 Å². The van der Waals surface area contributed by atoms with Gasteiger partial charge in [-0.25, -0.2) is 4.79 Å². The van der Waals surface area contributed by atoms with Crippen molar-refractivity contribution >= 4 is 16.9 Å². The van der Waals surface area contributed by atoms with Gasteiger partial charge in [0.1, 0.15) is 0 Å². The van der Waals surface area contributed by atoms with Crippen LogP contribution in [-0.2, 0) is 7.05 Å². The molecule has 0 spiro atoms. The van der Waals surface area contributed by atoms with Crippen molar-refractivity contribution in [2.45, 2.75) is 6.92 Å². The fraction of sp³-hybridized carbons (Fsp3) is 0.200. The van der Waals surface area contributed by atoms with E-state index in [4.69, 9.17) is 5.11 Å². The van der Waals surface area contributed by atoms with Gasteiger partial charge in [-0.2, -0.15) is 5.10 Å². The van der Waals surface area contributed by atoms with Crippen molar-refractivity contribution in [2.75, 3.05) is 0 Å². The van der Waals surface area contributed by atoms with E-state index >= 15 is 0 Å². The Kier molecular flexibility index (Phi) is 1.77. The summed E-state index contributed by atoms with van der Waals surface area (Å²) in [5.74, 6) is -0.946. The molecule has 72 valence electrons. The third kappa shape index (κ3) is 1.16. The second kappa shape index (κ2) is 2.83. The number of carbonyl (C=O) groups is 1. The molecule has 0 unspecified atom stereocenters. The number of fused-ring (bicyclic) bond motifs is 1. The number of aromatic carboxylic acids is 1. The van der Waals surface area contributed by atoms with E-state index in [1.165, 1.54) is 4.68 Å². The lowest BCUT2D eigenvalue weighted by molar-refractivity contribution is 0.0687. The van der Waals surface area contributed by atoms with Crippen LogP contribution in [0.5, 0.6) is 0 Å². The zero-order chi connectivity index (χ0) is 10.3. The van der Waals surface area contributed by atoms with Gasteiger partial charge in [-0.15, -0.1) is 0 Å². The predicted molar refractivity (Wildman–Crippen MR) is 52.4 cm³/mol. The Labute approximate surface area is 80.8 Å². The van der Waals surface area contributed by atoms with Crippen molar-refractivity contribution in [2.24, 2.45) is 7.05 Å². The second-order valence-electron chi connectivity index (χ2n) is 3.30. The van der Waals surface area contributed by atoms with Crippen LogP contribution < -0.4 is 0 Å². The maximum Gasteiger partial charge on any atom is 0.354 e. The number of carboxylic acid groups (broad SMARTS) is 1. The lowest BCUT2D eigenvalue weighted by atomic mass is 10.1. The number of aromatic nitrogens is 2. The van der Waals surface area contributed by atoms with Crippen LogP contribution in [0.25, 0.3) is 10.9 Å². The number of rotatable bonds is 1. The van der Waals surface area contributed by atoms with Crippen molar-refractivity contribution in [1.82, 2.24) is 9.78 Å². The highest BCUT2D eigenvalue weighted by Gasteiger charge is 2.14. The van der Waals surface area contributed by atoms with E-state index in [0.717, 1.165) is 11.1 Å². The van der Waals surface area contributed by atoms with Gasteiger partial charge in [0.05, 0.1) is 5.52 Å². The minimum Gasteiger partial charge on any atom is -0.477 e. The number of nitrogens with zero attached hydrogens (tertiary/aromatic N) is 2. The molecular weight excluding hydrogens is 180 g/mol. The Morgan fingerprint density at radius 1 is 1.50 bits per heavy atom. The quantitative estimate of drug-likeness (QED) is 0.742. The molecule has 0 atom stereocenters. The highest BCUT2D eigenvalue weighted by atomic mass is 16.4. The number of carboxylic acids is 1. The molecule has 0 fully saturated rings. The first kappa shape index (κ1) is 8.74. The summed E-state index contributed by atoms with van der Waals surface area (Å²) in [5.41, 5.74) is 2.04. The van der Waals surface area contributed by atoms with Crippen molar-refractivity contribution in [3.05, 3.63) is 29.5 Å². The SMILES string of the molecule is Cc1ccc2c(C(=O)O)n(C)nc2c1. The van der Waals surface area contributed by atoms with Gasteiger partial charge in [0.15, 0.2) is 5.69 Å². The standard InChI is InChI=1S/C10H10N2O2/c1-6-3-4-7-8(5-6)11-12(2)9(7)10(13)14/h3-5H,1-2H3,(H,13,14). The summed E-state index contributed by atoms with van der Waals surface area (Å²) in [7, 11) is 1.64. The summed E-state index contributed by atoms with van der Waals surface area (Å²) < 4.78 is 1.40. The van der Waals surface area contributed by atoms with Crippen LogP contribution in [-0.4, -0.2) is 20.9 Å². The normalized spacial score (nSPS) is 10.7. The Hall–Kier alpha value is -1.84. The van der Waals surface area contributed by atoms with E-state index in [0.29, 0.717) is 5.39 Å². The fourth-order valence-electron chi connectivity index (χ4n) is 1.56. The smallest absolute Gasteiger partial charge is 0.354 e. The van der Waals surface area contributed by atoms with Crippen molar-refractivity contribution in [3.63, 3.8) is 0 Å². The van der Waals surface area contributed by atoms with Crippen LogP contribution in [0.1, 0.15) is 16.1 Å². The van der Waals surface area contributed by atoms with Crippen molar-refractivity contribution in [1.29, 1.82) is 0 Å². The van der Waals surface area contributed by atoms with Gasteiger partial charge in [0.25, 0.3) is 0 Å². The summed E-state index contributed by atoms with van der Waals surface area (Å²) in [6.07, 6.45) is 0. The third-order valence-electron chi connectivity index (χ3n) is 2.19. The van der Waals surface area contributed by atoms with E-state index in [9.17, 15) is 4.79 Å². The van der Waals surface area contributed by atoms with Crippen LogP contribution in [0.15, 0.2) is 18.2 Å². The van der Waals surface area contributed by atoms with Gasteiger partial charge >= 0.3 is 5.97 Å². The molecule has 2 aromatic rings. The third-order valence-corrected chi connectivity index (χ3v) is 2.19. The molecule has 0 radical (unpaired) electrons. The first-order chi connectivity index (χ1) is 6.59. The lowest BCUT2D eigenvalue weighted by Gasteiger charge is -1.94. The maximum absolute atomic E-state index is 10.9. The Bertz CT molecular complexity index is 514. The molecular formula is C10H10N2O2. The van der Waals surface area contributed by atoms with Crippen LogP contribution in [0, 0.1) is 6.92 Å². The van der Waals surface area contributed by atoms with E-state index in [-0.39, 0.29) is 5.69 Å². The van der Waals surface area contributed by atoms with E-state index in [1.54, 1.807) is 13.1 Å². The average molecular weight is 190 g/mol. The molecule has 4 nitrogen and oxygen atoms in total. The van der Waals surface area contributed by atoms with Crippen LogP contribution in [0.3, 0.4) is 0 Å². The highest BCUT2D eigenvalue weighted by Crippen LogP contribution is 2.18. The number of hydrogen-bond donors (Lipinski definition) is 1. The minimum atomic E-state index is -0.946. The molecule has 1 heterocycles. The van der Waals surface area contributed by atoms with E-state index < -0.39 is 5.97 Å². The predicted octanol–water partition coefficient (Wildman–Crippen LogP) is 1.58. The molecule has 1 aromatic heterocycles. The molecule has 0 aliphatic heterocycles. The van der Waals surface area contributed by atoms with Crippen LogP contribution in [0.4, 0.5) is 0 Å². The Morgan fingerprint density at radius 3 is 2.86 bits per heavy atom. The van der Waals surface area contributed by atoms with Crippen LogP contribution >= 0.6 is 0 Å². The first-order valence-electron chi connectivity index (χ1n) is 4.26. The summed E-state index contributed by atoms with van der Waals surface area (Å²) in [6, 6.07) is 5.55. The number of benzene rings is 1. The van der Waals surface area contributed by atoms with Gasteiger partial charge < -0.3 is 5.11 Å². The lowest BCUT2D eigenvalue weighted by Crippen LogP contribution is -2.05. The molecule has 0 amide bonds. The molecule has 1 N–H and O–H groups in total. The largest absolute Gasteiger partial charge is 0.477 e. The maximum atomic E-state index is 10.9. The number of hydrogen-bond acceptors (Lipinski definition) is 2. The minimum absolute atomic E-state index is 0.236. The fourth-order valence-corrected chi connectivity index (χ4v) is 1.56. The number of aryl methyl sites for hydroxylation is 2. The molecule has 0 aliphatic rings. The topological polar surface area (TPSA) is 55.1 Å². The van der Waals surface area contributed by atoms with Gasteiger partial charge in [0.2, 0.25) is 0 Å². The van der Waals surface area contributed by atoms with E-state index in [1.807, 2.05) is 19.1 Å². The van der Waals surface area contributed by atoms with Crippen molar-refractivity contribution < 1.29 is 9.90 Å². The summed E-state index contributed by atoms with van der Waals surface area (Å²) in [6.45, 7) is 1.95. The molecule has 0 aliphatic carbocycles. The molecule has 1 aromatic carbocycles. The Morgan fingerprint density at radius 2 is 2.21 bits per heavy atom. The van der Waals surface area contributed by atoms with Gasteiger partial charge in [0, 0.05) is 12.4 Å². The molecule has 2 rings (SSSR count). The summed E-state index contributed by atoms with van der Waals surface area (Å²) in [5, 5.41) is 13.8. The monoisotopic (exact) mass is 190 g/mol. The zero-order valence-corrected chi connectivity index (χ0v) is 7.98. The zero-order valence-electron chi connectivity index (χ0n) is 7.98. The van der Waals surface area contributed by atoms with Gasteiger partial charge in [-0.3, -0.25) is 4.68 Å². The Balaban J connectivity index is 2.84. The average Bonchev–Trinajstić information content (AvgIpc) is 2.39.